The fourth-order valence-electron chi connectivity index (χ4n) is 1.45. The normalized spacial score (nSPS) is 18.8. The Kier molecular flexibility index (Phi) is 3.96. The van der Waals surface area contributed by atoms with E-state index in [1.165, 1.54) is 0 Å². The second-order valence-electron chi connectivity index (χ2n) is 4.78. The van der Waals surface area contributed by atoms with Gasteiger partial charge in [-0.25, -0.2) is 0 Å². The van der Waals surface area contributed by atoms with E-state index in [1.807, 2.05) is 0 Å². The predicted octanol–water partition coefficient (Wildman–Crippen LogP) is 1.22. The van der Waals surface area contributed by atoms with Crippen molar-refractivity contribution in [2.75, 3.05) is 32.8 Å². The third-order valence-corrected chi connectivity index (χ3v) is 2.26. The van der Waals surface area contributed by atoms with Gasteiger partial charge >= 0.3 is 0 Å². The maximum atomic E-state index is 5.30. The van der Waals surface area contributed by atoms with Gasteiger partial charge in [-0.05, 0) is 20.8 Å². The summed E-state index contributed by atoms with van der Waals surface area (Å²) in [6, 6.07) is 0. The van der Waals surface area contributed by atoms with E-state index in [0.29, 0.717) is 6.61 Å². The molecule has 1 saturated heterocycles. The summed E-state index contributed by atoms with van der Waals surface area (Å²) >= 11 is 0. The molecule has 0 aromatic heterocycles. The first kappa shape index (κ1) is 11.5. The highest BCUT2D eigenvalue weighted by atomic mass is 16.5. The van der Waals surface area contributed by atoms with Crippen LogP contribution >= 0.6 is 0 Å². The molecule has 1 heterocycles. The van der Waals surface area contributed by atoms with Gasteiger partial charge in [0.05, 0.1) is 13.2 Å². The van der Waals surface area contributed by atoms with Crippen LogP contribution in [-0.4, -0.2) is 43.3 Å². The van der Waals surface area contributed by atoms with Crippen LogP contribution < -0.4 is 5.32 Å². The lowest BCUT2D eigenvalue weighted by atomic mass is 10.1. The summed E-state index contributed by atoms with van der Waals surface area (Å²) in [6.45, 7) is 15.1. The summed E-state index contributed by atoms with van der Waals surface area (Å²) < 4.78 is 5.30. The Bertz CT molecular complexity index is 196. The van der Waals surface area contributed by atoms with E-state index in [-0.39, 0.29) is 5.54 Å². The van der Waals surface area contributed by atoms with Gasteiger partial charge in [-0.1, -0.05) is 6.58 Å². The molecule has 0 radical (unpaired) electrons. The molecular formula is C11H22N2O. The predicted molar refractivity (Wildman–Crippen MR) is 59.3 cm³/mol. The van der Waals surface area contributed by atoms with Gasteiger partial charge in [0.2, 0.25) is 0 Å². The van der Waals surface area contributed by atoms with Gasteiger partial charge in [-0.2, -0.15) is 0 Å². The van der Waals surface area contributed by atoms with Crippen molar-refractivity contribution in [2.45, 2.75) is 26.3 Å². The number of hydrogen-bond acceptors (Lipinski definition) is 3. The molecule has 1 N–H and O–H groups in total. The Balaban J connectivity index is 2.20. The summed E-state index contributed by atoms with van der Waals surface area (Å²) in [5.41, 5.74) is 1.31. The second-order valence-corrected chi connectivity index (χ2v) is 4.78. The zero-order valence-electron chi connectivity index (χ0n) is 9.60. The maximum absolute atomic E-state index is 5.30. The van der Waals surface area contributed by atoms with Gasteiger partial charge in [0.1, 0.15) is 0 Å². The van der Waals surface area contributed by atoms with Gasteiger partial charge in [0.15, 0.2) is 0 Å². The van der Waals surface area contributed by atoms with E-state index in [0.717, 1.165) is 31.9 Å². The lowest BCUT2D eigenvalue weighted by Gasteiger charge is -2.32. The zero-order valence-corrected chi connectivity index (χ0v) is 9.60. The Hall–Kier alpha value is -0.540. The van der Waals surface area contributed by atoms with Crippen molar-refractivity contribution in [3.63, 3.8) is 0 Å². The van der Waals surface area contributed by atoms with Crippen LogP contribution in [0.15, 0.2) is 12.3 Å². The summed E-state index contributed by atoms with van der Waals surface area (Å²) in [6.07, 6.45) is 0. The highest BCUT2D eigenvalue weighted by Crippen LogP contribution is 2.07. The van der Waals surface area contributed by atoms with Crippen LogP contribution in [0, 0.1) is 0 Å². The van der Waals surface area contributed by atoms with Crippen LogP contribution in [-0.2, 0) is 4.74 Å². The molecule has 0 amide bonds. The standard InChI is InChI=1S/C11H22N2O/c1-10-9-14-8-7-13(10)6-5-12-11(2,3)4/h12H,1,5-9H2,2-4H3. The zero-order chi connectivity index (χ0) is 10.6. The van der Waals surface area contributed by atoms with Crippen LogP contribution in [0.25, 0.3) is 0 Å². The molecule has 3 nitrogen and oxygen atoms in total. The maximum Gasteiger partial charge on any atom is 0.0859 e. The van der Waals surface area contributed by atoms with Crippen LogP contribution in [0.3, 0.4) is 0 Å². The van der Waals surface area contributed by atoms with E-state index in [4.69, 9.17) is 4.74 Å². The van der Waals surface area contributed by atoms with Crippen LogP contribution in [0.1, 0.15) is 20.8 Å². The average molecular weight is 198 g/mol. The van der Waals surface area contributed by atoms with E-state index in [1.54, 1.807) is 0 Å². The largest absolute Gasteiger partial charge is 0.373 e. The second kappa shape index (κ2) is 4.80. The molecule has 0 aromatic rings. The number of rotatable bonds is 3. The SMILES string of the molecule is C=C1COCCN1CCNC(C)(C)C. The molecule has 0 bridgehead atoms. The van der Waals surface area contributed by atoms with Crippen molar-refractivity contribution in [2.24, 2.45) is 0 Å². The summed E-state index contributed by atoms with van der Waals surface area (Å²) in [5, 5.41) is 3.47. The fourth-order valence-corrected chi connectivity index (χ4v) is 1.45. The van der Waals surface area contributed by atoms with Gasteiger partial charge in [-0.15, -0.1) is 0 Å². The molecule has 1 rings (SSSR count). The molecule has 82 valence electrons. The molecule has 14 heavy (non-hydrogen) atoms. The molecule has 1 aliphatic heterocycles. The first-order valence-electron chi connectivity index (χ1n) is 5.24. The van der Waals surface area contributed by atoms with E-state index in [2.05, 4.69) is 37.6 Å². The van der Waals surface area contributed by atoms with Gasteiger partial charge < -0.3 is 15.0 Å². The minimum absolute atomic E-state index is 0.202. The van der Waals surface area contributed by atoms with E-state index < -0.39 is 0 Å². The number of nitrogens with one attached hydrogen (secondary N) is 1. The highest BCUT2D eigenvalue weighted by Gasteiger charge is 2.14. The third-order valence-electron chi connectivity index (χ3n) is 2.26. The van der Waals surface area contributed by atoms with Crippen molar-refractivity contribution < 1.29 is 4.74 Å². The van der Waals surface area contributed by atoms with Crippen molar-refractivity contribution >= 4 is 0 Å². The minimum atomic E-state index is 0.202. The van der Waals surface area contributed by atoms with Gasteiger partial charge in [0.25, 0.3) is 0 Å². The number of ether oxygens (including phenoxy) is 1. The van der Waals surface area contributed by atoms with Crippen molar-refractivity contribution in [3.8, 4) is 0 Å². The first-order chi connectivity index (χ1) is 6.49. The Labute approximate surface area is 87.1 Å². The Morgan fingerprint density at radius 3 is 2.79 bits per heavy atom. The minimum Gasteiger partial charge on any atom is -0.373 e. The molecular weight excluding hydrogens is 176 g/mol. The van der Waals surface area contributed by atoms with Crippen LogP contribution in [0.5, 0.6) is 0 Å². The van der Waals surface area contributed by atoms with Crippen molar-refractivity contribution in [3.05, 3.63) is 12.3 Å². The first-order valence-corrected chi connectivity index (χ1v) is 5.24. The van der Waals surface area contributed by atoms with Crippen LogP contribution in [0.2, 0.25) is 0 Å². The molecule has 0 saturated carbocycles. The molecule has 0 aromatic carbocycles. The highest BCUT2D eigenvalue weighted by molar-refractivity contribution is 4.96. The smallest absolute Gasteiger partial charge is 0.0859 e. The van der Waals surface area contributed by atoms with Gasteiger partial charge in [0, 0.05) is 30.9 Å². The lowest BCUT2D eigenvalue weighted by Crippen LogP contribution is -2.43. The lowest BCUT2D eigenvalue weighted by molar-refractivity contribution is 0.0736. The monoisotopic (exact) mass is 198 g/mol. The molecule has 0 unspecified atom stereocenters. The topological polar surface area (TPSA) is 24.5 Å². The van der Waals surface area contributed by atoms with E-state index in [9.17, 15) is 0 Å². The summed E-state index contributed by atoms with van der Waals surface area (Å²) in [4.78, 5) is 2.29. The molecule has 1 fully saturated rings. The van der Waals surface area contributed by atoms with Crippen molar-refractivity contribution in [1.82, 2.24) is 10.2 Å². The Morgan fingerprint density at radius 2 is 2.21 bits per heavy atom. The Morgan fingerprint density at radius 1 is 1.50 bits per heavy atom. The molecule has 0 atom stereocenters. The number of hydrogen-bond donors (Lipinski definition) is 1. The fraction of sp³-hybridized carbons (Fsp3) is 0.818. The number of morpholine rings is 1. The third kappa shape index (κ3) is 4.11. The quantitative estimate of drug-likeness (QED) is 0.738. The summed E-state index contributed by atoms with van der Waals surface area (Å²) in [5.74, 6) is 0. The number of nitrogens with zero attached hydrogens (tertiary/aromatic N) is 1. The summed E-state index contributed by atoms with van der Waals surface area (Å²) in [7, 11) is 0. The molecule has 1 aliphatic rings. The molecule has 3 heteroatoms. The average Bonchev–Trinajstić information content (AvgIpc) is 2.06. The molecule has 0 spiro atoms. The molecule has 0 aliphatic carbocycles. The van der Waals surface area contributed by atoms with E-state index >= 15 is 0 Å². The van der Waals surface area contributed by atoms with Crippen molar-refractivity contribution in [1.29, 1.82) is 0 Å². The van der Waals surface area contributed by atoms with Gasteiger partial charge in [-0.3, -0.25) is 0 Å². The van der Waals surface area contributed by atoms with Crippen LogP contribution in [0.4, 0.5) is 0 Å².